The second-order valence-electron chi connectivity index (χ2n) is 20.3. The smallest absolute Gasteiger partial charge is 0.223 e. The number of rotatable bonds is 7. The lowest BCUT2D eigenvalue weighted by atomic mass is 9.42. The van der Waals surface area contributed by atoms with Gasteiger partial charge >= 0.3 is 0 Å². The summed E-state index contributed by atoms with van der Waals surface area (Å²) in [4.78, 5) is 29.7. The summed E-state index contributed by atoms with van der Waals surface area (Å²) in [6.07, 6.45) is 12.0. The van der Waals surface area contributed by atoms with Crippen LogP contribution in [-0.2, 0) is 21.6 Å². The van der Waals surface area contributed by atoms with Crippen LogP contribution in [0.1, 0.15) is 101 Å². The summed E-state index contributed by atoms with van der Waals surface area (Å²) in [6.45, 7) is 8.54. The topological polar surface area (TPSA) is 101 Å². The molecular formula is C46H61FN2O5. The molecule has 2 aromatic rings. The molecule has 12 rings (SSSR count). The molecule has 10 fully saturated rings. The zero-order valence-corrected chi connectivity index (χ0v) is 32.6. The van der Waals surface area contributed by atoms with Crippen molar-refractivity contribution in [2.24, 2.45) is 58.2 Å². The Balaban J connectivity index is 0.000000142. The van der Waals surface area contributed by atoms with Gasteiger partial charge in [-0.15, -0.1) is 0 Å². The van der Waals surface area contributed by atoms with Gasteiger partial charge in [0.25, 0.3) is 0 Å². The first kappa shape index (κ1) is 36.8. The maximum Gasteiger partial charge on any atom is 0.223 e. The quantitative estimate of drug-likeness (QED) is 0.296. The largest absolute Gasteiger partial charge is 0.390 e. The summed E-state index contributed by atoms with van der Waals surface area (Å²) in [5.74, 6) is 5.60. The highest BCUT2D eigenvalue weighted by atomic mass is 19.1. The average molecular weight is 741 g/mol. The van der Waals surface area contributed by atoms with Gasteiger partial charge in [-0.05, 0) is 153 Å². The summed E-state index contributed by atoms with van der Waals surface area (Å²) in [7, 11) is 0. The zero-order chi connectivity index (χ0) is 37.8. The van der Waals surface area contributed by atoms with Gasteiger partial charge in [-0.25, -0.2) is 4.39 Å². The molecule has 2 amide bonds. The van der Waals surface area contributed by atoms with E-state index in [9.17, 15) is 29.3 Å². The molecule has 8 heteroatoms. The van der Waals surface area contributed by atoms with E-state index in [4.69, 9.17) is 0 Å². The van der Waals surface area contributed by atoms with E-state index in [1.807, 2.05) is 4.90 Å². The average Bonchev–Trinajstić information content (AvgIpc) is 3.07. The number of benzene rings is 2. The molecule has 0 radical (unpaired) electrons. The number of aliphatic hydroxyl groups is 3. The molecule has 3 N–H and O–H groups in total. The van der Waals surface area contributed by atoms with Gasteiger partial charge in [-0.2, -0.15) is 0 Å². The minimum Gasteiger partial charge on any atom is -0.390 e. The molecule has 8 saturated carbocycles. The van der Waals surface area contributed by atoms with Crippen LogP contribution in [0.3, 0.4) is 0 Å². The summed E-state index contributed by atoms with van der Waals surface area (Å²) in [5.41, 5.74) is 1.88. The highest BCUT2D eigenvalue weighted by molar-refractivity contribution is 5.79. The van der Waals surface area contributed by atoms with Gasteiger partial charge in [0.2, 0.25) is 11.8 Å². The molecule has 2 unspecified atom stereocenters. The van der Waals surface area contributed by atoms with Crippen LogP contribution in [0.4, 0.5) is 4.39 Å². The van der Waals surface area contributed by atoms with Crippen molar-refractivity contribution in [2.75, 3.05) is 26.2 Å². The van der Waals surface area contributed by atoms with E-state index in [2.05, 4.69) is 45.0 Å². The second-order valence-corrected chi connectivity index (χ2v) is 20.3. The van der Waals surface area contributed by atoms with Crippen LogP contribution in [0, 0.1) is 70.9 Å². The molecule has 0 aromatic heterocycles. The fourth-order valence-corrected chi connectivity index (χ4v) is 14.0. The standard InChI is InChI=1S/C23H30FNO2.C23H31NO3/c1-14-15-7-18-9-16(14)10-19(8-15)22(18,2)11-21(26)25-12-23(27,13-25)17-3-5-20(24)6-4-17;1-15-3-2-4-16(5-15)9-23(12-21(26)24-13-20(25)14-24)18-6-17-7-19(23)11-22(27,8-17)10-18/h3-6,14-16,18-19,27H,7-13H2,1-2H3;2-5,17-20,25,27H,6-14H2,1H3. The minimum atomic E-state index is -1.02. The monoisotopic (exact) mass is 740 g/mol. The number of aryl methyl sites for hydroxylation is 1. The van der Waals surface area contributed by atoms with Crippen LogP contribution in [0.25, 0.3) is 0 Å². The number of nitrogens with zero attached hydrogens (tertiary/aromatic N) is 2. The van der Waals surface area contributed by atoms with Gasteiger partial charge in [0.05, 0.1) is 24.8 Å². The zero-order valence-electron chi connectivity index (χ0n) is 32.6. The summed E-state index contributed by atoms with van der Waals surface area (Å²) in [6, 6.07) is 14.7. The van der Waals surface area contributed by atoms with Crippen molar-refractivity contribution in [2.45, 2.75) is 115 Å². The van der Waals surface area contributed by atoms with Crippen LogP contribution >= 0.6 is 0 Å². The van der Waals surface area contributed by atoms with Crippen LogP contribution < -0.4 is 0 Å². The molecule has 8 aliphatic carbocycles. The van der Waals surface area contributed by atoms with Crippen molar-refractivity contribution < 1.29 is 29.3 Å². The van der Waals surface area contributed by atoms with E-state index in [1.54, 1.807) is 17.0 Å². The maximum absolute atomic E-state index is 13.1. The lowest BCUT2D eigenvalue weighted by Gasteiger charge is -2.64. The highest BCUT2D eigenvalue weighted by Gasteiger charge is 2.62. The number of amides is 2. The summed E-state index contributed by atoms with van der Waals surface area (Å²) >= 11 is 0. The third kappa shape index (κ3) is 6.25. The molecule has 292 valence electrons. The molecule has 7 nitrogen and oxygen atoms in total. The first-order valence-corrected chi connectivity index (χ1v) is 21.1. The predicted molar refractivity (Wildman–Crippen MR) is 204 cm³/mol. The summed E-state index contributed by atoms with van der Waals surface area (Å²) in [5, 5.41) is 31.4. The number of halogens is 1. The van der Waals surface area contributed by atoms with Crippen molar-refractivity contribution in [1.82, 2.24) is 9.80 Å². The van der Waals surface area contributed by atoms with E-state index < -0.39 is 11.2 Å². The molecule has 2 saturated heterocycles. The van der Waals surface area contributed by atoms with Gasteiger partial charge in [-0.1, -0.05) is 55.8 Å². The van der Waals surface area contributed by atoms with Gasteiger partial charge in [0.1, 0.15) is 11.4 Å². The fourth-order valence-electron chi connectivity index (χ4n) is 14.0. The van der Waals surface area contributed by atoms with E-state index in [1.165, 1.54) is 61.8 Å². The third-order valence-corrected chi connectivity index (χ3v) is 17.0. The molecular weight excluding hydrogens is 680 g/mol. The van der Waals surface area contributed by atoms with Crippen molar-refractivity contribution >= 4 is 11.8 Å². The maximum atomic E-state index is 13.1. The first-order valence-electron chi connectivity index (χ1n) is 21.1. The molecule has 0 spiro atoms. The molecule has 54 heavy (non-hydrogen) atoms. The van der Waals surface area contributed by atoms with Crippen LogP contribution in [-0.4, -0.2) is 74.8 Å². The Labute approximate surface area is 320 Å². The Bertz CT molecular complexity index is 1720. The van der Waals surface area contributed by atoms with Crippen molar-refractivity contribution in [3.05, 3.63) is 71.0 Å². The van der Waals surface area contributed by atoms with E-state index in [0.29, 0.717) is 74.2 Å². The number of aliphatic hydroxyl groups excluding tert-OH is 1. The number of hydrogen-bond acceptors (Lipinski definition) is 5. The number of carbonyl (C=O) groups is 2. The minimum absolute atomic E-state index is 0.0332. The second kappa shape index (κ2) is 13.1. The lowest BCUT2D eigenvalue weighted by Crippen LogP contribution is -2.63. The fraction of sp³-hybridized carbons (Fsp3) is 0.696. The molecule has 2 heterocycles. The summed E-state index contributed by atoms with van der Waals surface area (Å²) < 4.78 is 13.1. The Morgan fingerprint density at radius 2 is 1.39 bits per heavy atom. The van der Waals surface area contributed by atoms with Gasteiger partial charge in [-0.3, -0.25) is 9.59 Å². The predicted octanol–water partition coefficient (Wildman–Crippen LogP) is 6.64. The molecule has 8 bridgehead atoms. The Kier molecular flexibility index (Phi) is 8.95. The van der Waals surface area contributed by atoms with E-state index in [0.717, 1.165) is 43.4 Å². The molecule has 2 atom stereocenters. The molecule has 2 aliphatic heterocycles. The highest BCUT2D eigenvalue weighted by Crippen LogP contribution is 2.67. The first-order chi connectivity index (χ1) is 25.6. The van der Waals surface area contributed by atoms with Crippen molar-refractivity contribution in [3.63, 3.8) is 0 Å². The molecule has 10 aliphatic rings. The van der Waals surface area contributed by atoms with Gasteiger partial charge in [0, 0.05) is 25.9 Å². The van der Waals surface area contributed by atoms with Crippen LogP contribution in [0.15, 0.2) is 48.5 Å². The molecule has 2 aromatic carbocycles. The van der Waals surface area contributed by atoms with Gasteiger partial charge in [0.15, 0.2) is 0 Å². The van der Waals surface area contributed by atoms with Crippen molar-refractivity contribution in [3.8, 4) is 0 Å². The van der Waals surface area contributed by atoms with Crippen LogP contribution in [0.2, 0.25) is 0 Å². The number of likely N-dealkylation sites (tertiary alicyclic amines) is 2. The third-order valence-electron chi connectivity index (χ3n) is 17.0. The van der Waals surface area contributed by atoms with E-state index >= 15 is 0 Å². The number of β-amino-alcohol motifs (C(OH)–C–C–N with tert-alkyl or cyclic N) is 2. The number of hydrogen-bond donors (Lipinski definition) is 3. The SMILES string of the molecule is CC1C2CC3CC1CC(C2)C3(C)CC(=O)N1CC(O)(c2ccc(F)cc2)C1.Cc1cccc(CC2(CC(=O)N3CC(O)C3)C3CC4CC2CC(O)(C4)C3)c1. The van der Waals surface area contributed by atoms with E-state index in [-0.39, 0.29) is 34.6 Å². The number of carbonyl (C=O) groups excluding carboxylic acids is 2. The Morgan fingerprint density at radius 3 is 1.94 bits per heavy atom. The van der Waals surface area contributed by atoms with Crippen LogP contribution in [0.5, 0.6) is 0 Å². The Hall–Kier alpha value is -2.81. The van der Waals surface area contributed by atoms with Crippen molar-refractivity contribution in [1.29, 1.82) is 0 Å². The normalized spacial score (nSPS) is 40.9. The lowest BCUT2D eigenvalue weighted by molar-refractivity contribution is -0.198. The Morgan fingerprint density at radius 1 is 0.796 bits per heavy atom. The van der Waals surface area contributed by atoms with Gasteiger partial charge < -0.3 is 25.1 Å².